The molecule has 1 amide bonds. The minimum Gasteiger partial charge on any atom is -0.465 e. The summed E-state index contributed by atoms with van der Waals surface area (Å²) in [6.45, 7) is 12.4. The second kappa shape index (κ2) is 11.9. The summed E-state index contributed by atoms with van der Waals surface area (Å²) in [7, 11) is 0. The van der Waals surface area contributed by atoms with E-state index in [1.807, 2.05) is 46.8 Å². The molecule has 0 heterocycles. The average molecular weight is 450 g/mol. The molecule has 0 aliphatic heterocycles. The lowest BCUT2D eigenvalue weighted by Crippen LogP contribution is -2.43. The molecule has 32 heavy (non-hydrogen) atoms. The Morgan fingerprint density at radius 3 is 2.53 bits per heavy atom. The van der Waals surface area contributed by atoms with Crippen molar-refractivity contribution < 1.29 is 18.7 Å². The second-order valence-electron chi connectivity index (χ2n) is 9.73. The Bertz CT molecular complexity index is 825. The highest BCUT2D eigenvalue weighted by molar-refractivity contribution is 5.65. The third-order valence-electron chi connectivity index (χ3n) is 5.60. The van der Waals surface area contributed by atoms with Gasteiger partial charge in [0.25, 0.3) is 5.92 Å². The van der Waals surface area contributed by atoms with E-state index in [2.05, 4.69) is 11.1 Å². The first-order valence-corrected chi connectivity index (χ1v) is 11.2. The molecule has 1 aromatic rings. The Morgan fingerprint density at radius 1 is 1.41 bits per heavy atom. The number of nitriles is 1. The van der Waals surface area contributed by atoms with Crippen LogP contribution in [0, 0.1) is 35.5 Å². The van der Waals surface area contributed by atoms with Crippen molar-refractivity contribution in [3.05, 3.63) is 29.3 Å². The number of nitrogens with zero attached hydrogens (tertiary/aromatic N) is 3. The standard InChI is InChI=1S/C15H27F2NO2.C10H10N2/c1-5-12-8-11(6-7-15(12,16)17)9-18(13(19)20)10-14(2,3)4;1-3-12-10-5-4-9(7-11)6-8(10)2/h11-12H,5-10H2,1-4H3,(H,19,20);3-6H,1-2H3. The summed E-state index contributed by atoms with van der Waals surface area (Å²) >= 11 is 0. The first-order chi connectivity index (χ1) is 14.8. The van der Waals surface area contributed by atoms with Crippen LogP contribution in [0.2, 0.25) is 0 Å². The zero-order chi connectivity index (χ0) is 24.5. The van der Waals surface area contributed by atoms with E-state index >= 15 is 0 Å². The van der Waals surface area contributed by atoms with Gasteiger partial charge in [-0.25, -0.2) is 13.6 Å². The highest BCUT2D eigenvalue weighted by Crippen LogP contribution is 2.43. The van der Waals surface area contributed by atoms with Crippen molar-refractivity contribution in [2.24, 2.45) is 22.2 Å². The van der Waals surface area contributed by atoms with E-state index in [-0.39, 0.29) is 17.8 Å². The maximum absolute atomic E-state index is 13.7. The van der Waals surface area contributed by atoms with Crippen molar-refractivity contribution in [1.29, 1.82) is 5.26 Å². The molecule has 1 N–H and O–H groups in total. The third-order valence-corrected chi connectivity index (χ3v) is 5.60. The van der Waals surface area contributed by atoms with Gasteiger partial charge in [-0.1, -0.05) is 27.7 Å². The van der Waals surface area contributed by atoms with E-state index in [9.17, 15) is 18.7 Å². The molecule has 0 aromatic heterocycles. The quantitative estimate of drug-likeness (QED) is 0.489. The molecule has 2 unspecified atom stereocenters. The monoisotopic (exact) mass is 449 g/mol. The summed E-state index contributed by atoms with van der Waals surface area (Å²) < 4.78 is 27.4. The predicted molar refractivity (Wildman–Crippen MR) is 125 cm³/mol. The van der Waals surface area contributed by atoms with Crippen LogP contribution in [0.1, 0.15) is 71.4 Å². The number of alkyl halides is 2. The number of carbonyl (C=O) groups is 1. The molecule has 2 atom stereocenters. The number of hydrogen-bond donors (Lipinski definition) is 1. The Kier molecular flexibility index (Phi) is 10.3. The molecule has 0 spiro atoms. The molecule has 1 fully saturated rings. The zero-order valence-electron chi connectivity index (χ0n) is 20.2. The fraction of sp³-hybridized carbons (Fsp3) is 0.640. The van der Waals surface area contributed by atoms with Crippen molar-refractivity contribution in [2.75, 3.05) is 13.1 Å². The molecule has 0 radical (unpaired) electrons. The van der Waals surface area contributed by atoms with Crippen LogP contribution in [-0.2, 0) is 0 Å². The van der Waals surface area contributed by atoms with Crippen LogP contribution >= 0.6 is 0 Å². The van der Waals surface area contributed by atoms with Crippen LogP contribution in [-0.4, -0.2) is 41.3 Å². The van der Waals surface area contributed by atoms with Gasteiger partial charge < -0.3 is 10.0 Å². The van der Waals surface area contributed by atoms with Gasteiger partial charge in [0.2, 0.25) is 0 Å². The Balaban J connectivity index is 0.000000363. The van der Waals surface area contributed by atoms with Gasteiger partial charge in [0.1, 0.15) is 0 Å². The van der Waals surface area contributed by atoms with Gasteiger partial charge in [-0.05, 0) is 68.2 Å². The number of halogens is 2. The maximum Gasteiger partial charge on any atom is 0.407 e. The summed E-state index contributed by atoms with van der Waals surface area (Å²) in [5.41, 5.74) is 2.52. The van der Waals surface area contributed by atoms with E-state index in [1.54, 1.807) is 19.2 Å². The van der Waals surface area contributed by atoms with Gasteiger partial charge in [0, 0.05) is 31.6 Å². The molecule has 1 saturated carbocycles. The number of rotatable bonds is 5. The minimum atomic E-state index is -2.58. The van der Waals surface area contributed by atoms with Crippen LogP contribution in [0.3, 0.4) is 0 Å². The number of hydrogen-bond acceptors (Lipinski definition) is 3. The summed E-state index contributed by atoms with van der Waals surface area (Å²) in [6.07, 6.45) is 1.98. The highest BCUT2D eigenvalue weighted by Gasteiger charge is 2.43. The molecule has 0 saturated heterocycles. The van der Waals surface area contributed by atoms with Crippen molar-refractivity contribution in [2.45, 2.75) is 73.1 Å². The summed E-state index contributed by atoms with van der Waals surface area (Å²) in [5, 5.41) is 17.9. The van der Waals surface area contributed by atoms with Gasteiger partial charge in [-0.2, -0.15) is 5.26 Å². The van der Waals surface area contributed by atoms with Gasteiger partial charge >= 0.3 is 6.09 Å². The van der Waals surface area contributed by atoms with Crippen molar-refractivity contribution in [3.63, 3.8) is 0 Å². The lowest BCUT2D eigenvalue weighted by atomic mass is 9.77. The van der Waals surface area contributed by atoms with Crippen LogP contribution in [0.15, 0.2) is 23.2 Å². The number of aliphatic imine (C=N–C) groups is 1. The number of carboxylic acid groups (broad SMARTS) is 1. The second-order valence-corrected chi connectivity index (χ2v) is 9.73. The molecule has 1 aliphatic carbocycles. The zero-order valence-corrected chi connectivity index (χ0v) is 20.2. The smallest absolute Gasteiger partial charge is 0.407 e. The van der Waals surface area contributed by atoms with E-state index in [0.717, 1.165) is 11.3 Å². The fourth-order valence-electron chi connectivity index (χ4n) is 4.03. The van der Waals surface area contributed by atoms with Gasteiger partial charge in [-0.3, -0.25) is 4.99 Å². The van der Waals surface area contributed by atoms with Gasteiger partial charge in [0.15, 0.2) is 0 Å². The highest BCUT2D eigenvalue weighted by atomic mass is 19.3. The van der Waals surface area contributed by atoms with E-state index in [4.69, 9.17) is 5.26 Å². The SMILES string of the molecule is CC=Nc1ccc(C#N)cc1C.CCC1CC(CN(CC(C)(C)C)C(=O)O)CCC1(F)F. The maximum atomic E-state index is 13.7. The topological polar surface area (TPSA) is 76.7 Å². The predicted octanol–water partition coefficient (Wildman–Crippen LogP) is 7.06. The number of aryl methyl sites for hydroxylation is 1. The molecule has 2 rings (SSSR count). The molecular formula is C25H37F2N3O2. The molecule has 7 heteroatoms. The molecule has 0 bridgehead atoms. The van der Waals surface area contributed by atoms with E-state index in [0.29, 0.717) is 37.9 Å². The molecule has 178 valence electrons. The molecule has 5 nitrogen and oxygen atoms in total. The van der Waals surface area contributed by atoms with Crippen LogP contribution in [0.5, 0.6) is 0 Å². The Hall–Kier alpha value is -2.49. The molecule has 1 aliphatic rings. The fourth-order valence-corrected chi connectivity index (χ4v) is 4.03. The van der Waals surface area contributed by atoms with Crippen molar-refractivity contribution >= 4 is 18.0 Å². The summed E-state index contributed by atoms with van der Waals surface area (Å²) in [4.78, 5) is 16.8. The lowest BCUT2D eigenvalue weighted by Gasteiger charge is -2.38. The van der Waals surface area contributed by atoms with E-state index in [1.165, 1.54) is 4.90 Å². The molecular weight excluding hydrogens is 412 g/mol. The summed E-state index contributed by atoms with van der Waals surface area (Å²) in [6, 6.07) is 7.55. The number of benzene rings is 1. The largest absolute Gasteiger partial charge is 0.465 e. The van der Waals surface area contributed by atoms with Crippen molar-refractivity contribution in [1.82, 2.24) is 4.90 Å². The Morgan fingerprint density at radius 2 is 2.06 bits per heavy atom. The minimum absolute atomic E-state index is 0.0537. The van der Waals surface area contributed by atoms with Crippen molar-refractivity contribution in [3.8, 4) is 6.07 Å². The third kappa shape index (κ3) is 8.94. The normalized spacial score (nSPS) is 20.2. The average Bonchev–Trinajstić information content (AvgIpc) is 2.69. The lowest BCUT2D eigenvalue weighted by molar-refractivity contribution is -0.101. The molecule has 1 aromatic carbocycles. The summed E-state index contributed by atoms with van der Waals surface area (Å²) in [5.74, 6) is -3.13. The first kappa shape index (κ1) is 27.5. The van der Waals surface area contributed by atoms with Crippen LogP contribution in [0.25, 0.3) is 0 Å². The van der Waals surface area contributed by atoms with Gasteiger partial charge in [-0.15, -0.1) is 0 Å². The van der Waals surface area contributed by atoms with Crippen LogP contribution in [0.4, 0.5) is 19.3 Å². The first-order valence-electron chi connectivity index (χ1n) is 11.2. The Labute approximate surface area is 191 Å². The van der Waals surface area contributed by atoms with E-state index < -0.39 is 17.9 Å². The van der Waals surface area contributed by atoms with Gasteiger partial charge in [0.05, 0.1) is 17.3 Å². The number of amides is 1. The van der Waals surface area contributed by atoms with Crippen LogP contribution < -0.4 is 0 Å².